The van der Waals surface area contributed by atoms with E-state index in [0.717, 1.165) is 5.56 Å². The van der Waals surface area contributed by atoms with E-state index in [4.69, 9.17) is 4.74 Å². The zero-order valence-electron chi connectivity index (χ0n) is 14.0. The van der Waals surface area contributed by atoms with Crippen LogP contribution in [-0.4, -0.2) is 37.2 Å². The van der Waals surface area contributed by atoms with Gasteiger partial charge in [-0.05, 0) is 23.3 Å². The average molecular weight is 343 g/mol. The molecule has 1 atom stereocenters. The molecule has 0 fully saturated rings. The lowest BCUT2D eigenvalue weighted by atomic mass is 10.1. The van der Waals surface area contributed by atoms with Gasteiger partial charge in [-0.3, -0.25) is 4.79 Å². The number of ether oxygens (including phenoxy) is 2. The van der Waals surface area contributed by atoms with Crippen LogP contribution in [0, 0.1) is 0 Å². The summed E-state index contributed by atoms with van der Waals surface area (Å²) in [4.78, 5) is 23.0. The predicted molar refractivity (Wildman–Crippen MR) is 91.8 cm³/mol. The molecule has 0 amide bonds. The highest BCUT2D eigenvalue weighted by atomic mass is 16.5. The maximum atomic E-state index is 11.7. The van der Waals surface area contributed by atoms with Crippen LogP contribution in [0.25, 0.3) is 0 Å². The molecule has 2 aromatic carbocycles. The Labute approximate surface area is 146 Å². The van der Waals surface area contributed by atoms with Gasteiger partial charge in [0.15, 0.2) is 0 Å². The van der Waals surface area contributed by atoms with Crippen molar-refractivity contribution in [2.45, 2.75) is 12.7 Å². The van der Waals surface area contributed by atoms with E-state index in [-0.39, 0.29) is 19.7 Å². The number of benzene rings is 2. The summed E-state index contributed by atoms with van der Waals surface area (Å²) in [5, 5.41) is 12.9. The monoisotopic (exact) mass is 343 g/mol. The van der Waals surface area contributed by atoms with Crippen molar-refractivity contribution in [3.63, 3.8) is 0 Å². The van der Waals surface area contributed by atoms with E-state index in [0.29, 0.717) is 11.1 Å². The summed E-state index contributed by atoms with van der Waals surface area (Å²) in [7, 11) is 1.31. The van der Waals surface area contributed by atoms with Crippen LogP contribution in [0.3, 0.4) is 0 Å². The molecule has 0 aliphatic rings. The first-order chi connectivity index (χ1) is 12.1. The van der Waals surface area contributed by atoms with Crippen molar-refractivity contribution in [2.24, 2.45) is 0 Å². The Balaban J connectivity index is 1.71. The molecule has 0 heterocycles. The first kappa shape index (κ1) is 18.6. The summed E-state index contributed by atoms with van der Waals surface area (Å²) < 4.78 is 9.75. The molecule has 0 aromatic heterocycles. The molecule has 0 bridgehead atoms. The highest BCUT2D eigenvalue weighted by Gasteiger charge is 2.11. The maximum absolute atomic E-state index is 11.7. The SMILES string of the molecule is COC(=O)c1ccc(C(O)CNCC(=O)OCc2ccccc2)cc1. The molecule has 2 rings (SSSR count). The maximum Gasteiger partial charge on any atom is 0.337 e. The van der Waals surface area contributed by atoms with Gasteiger partial charge in [-0.1, -0.05) is 42.5 Å². The fourth-order valence-electron chi connectivity index (χ4n) is 2.18. The van der Waals surface area contributed by atoms with E-state index in [2.05, 4.69) is 10.1 Å². The highest BCUT2D eigenvalue weighted by molar-refractivity contribution is 5.89. The van der Waals surface area contributed by atoms with Crippen LogP contribution in [0.2, 0.25) is 0 Å². The smallest absolute Gasteiger partial charge is 0.337 e. The number of hydrogen-bond acceptors (Lipinski definition) is 6. The first-order valence-electron chi connectivity index (χ1n) is 7.86. The summed E-state index contributed by atoms with van der Waals surface area (Å²) in [6.07, 6.45) is -0.798. The van der Waals surface area contributed by atoms with Gasteiger partial charge in [0.2, 0.25) is 0 Å². The van der Waals surface area contributed by atoms with E-state index in [1.165, 1.54) is 7.11 Å². The van der Waals surface area contributed by atoms with Gasteiger partial charge >= 0.3 is 11.9 Å². The van der Waals surface area contributed by atoms with Crippen molar-refractivity contribution in [1.29, 1.82) is 0 Å². The van der Waals surface area contributed by atoms with Crippen LogP contribution in [0.15, 0.2) is 54.6 Å². The van der Waals surface area contributed by atoms with Gasteiger partial charge in [0.1, 0.15) is 6.61 Å². The van der Waals surface area contributed by atoms with Crippen molar-refractivity contribution in [3.8, 4) is 0 Å². The van der Waals surface area contributed by atoms with Crippen molar-refractivity contribution in [1.82, 2.24) is 5.32 Å². The zero-order chi connectivity index (χ0) is 18.1. The lowest BCUT2D eigenvalue weighted by molar-refractivity contribution is -0.143. The molecule has 2 N–H and O–H groups in total. The van der Waals surface area contributed by atoms with Gasteiger partial charge in [0, 0.05) is 6.54 Å². The topological polar surface area (TPSA) is 84.9 Å². The largest absolute Gasteiger partial charge is 0.465 e. The minimum atomic E-state index is -0.798. The number of carbonyl (C=O) groups is 2. The molecule has 0 saturated carbocycles. The Kier molecular flexibility index (Phi) is 7.13. The van der Waals surface area contributed by atoms with Gasteiger partial charge in [-0.2, -0.15) is 0 Å². The highest BCUT2D eigenvalue weighted by Crippen LogP contribution is 2.13. The van der Waals surface area contributed by atoms with Crippen LogP contribution in [0.5, 0.6) is 0 Å². The number of aliphatic hydroxyl groups is 1. The van der Waals surface area contributed by atoms with Gasteiger partial charge in [-0.15, -0.1) is 0 Å². The van der Waals surface area contributed by atoms with E-state index >= 15 is 0 Å². The molecule has 132 valence electrons. The van der Waals surface area contributed by atoms with E-state index < -0.39 is 18.0 Å². The molecule has 1 unspecified atom stereocenters. The van der Waals surface area contributed by atoms with E-state index in [9.17, 15) is 14.7 Å². The average Bonchev–Trinajstić information content (AvgIpc) is 2.66. The number of hydrogen-bond donors (Lipinski definition) is 2. The second kappa shape index (κ2) is 9.56. The molecular formula is C19H21NO5. The Morgan fingerprint density at radius 2 is 1.76 bits per heavy atom. The third-order valence-electron chi connectivity index (χ3n) is 3.57. The van der Waals surface area contributed by atoms with Crippen LogP contribution >= 0.6 is 0 Å². The quantitative estimate of drug-likeness (QED) is 0.712. The minimum Gasteiger partial charge on any atom is -0.465 e. The standard InChI is InChI=1S/C19H21NO5/c1-24-19(23)16-9-7-15(8-10-16)17(21)11-20-12-18(22)25-13-14-5-3-2-4-6-14/h2-10,17,20-21H,11-13H2,1H3. The van der Waals surface area contributed by atoms with Crippen LogP contribution in [0.1, 0.15) is 27.6 Å². The van der Waals surface area contributed by atoms with Gasteiger partial charge in [0.05, 0.1) is 25.3 Å². The number of nitrogens with one attached hydrogen (secondary N) is 1. The summed E-state index contributed by atoms with van der Waals surface area (Å²) in [5.41, 5.74) is 1.97. The third-order valence-corrected chi connectivity index (χ3v) is 3.57. The van der Waals surface area contributed by atoms with E-state index in [1.54, 1.807) is 24.3 Å². The molecule has 0 radical (unpaired) electrons. The molecule has 2 aromatic rings. The van der Waals surface area contributed by atoms with Gasteiger partial charge in [-0.25, -0.2) is 4.79 Å². The number of aliphatic hydroxyl groups excluding tert-OH is 1. The van der Waals surface area contributed by atoms with Crippen molar-refractivity contribution >= 4 is 11.9 Å². The van der Waals surface area contributed by atoms with Gasteiger partial charge in [0.25, 0.3) is 0 Å². The number of esters is 2. The molecule has 0 spiro atoms. The summed E-state index contributed by atoms with van der Waals surface area (Å²) in [5.74, 6) is -0.822. The Hall–Kier alpha value is -2.70. The molecule has 6 nitrogen and oxygen atoms in total. The van der Waals surface area contributed by atoms with Gasteiger partial charge < -0.3 is 19.9 Å². The van der Waals surface area contributed by atoms with Crippen LogP contribution < -0.4 is 5.32 Å². The second-order valence-electron chi connectivity index (χ2n) is 5.41. The molecular weight excluding hydrogens is 322 g/mol. The first-order valence-corrected chi connectivity index (χ1v) is 7.86. The van der Waals surface area contributed by atoms with Crippen LogP contribution in [0.4, 0.5) is 0 Å². The van der Waals surface area contributed by atoms with Crippen molar-refractivity contribution < 1.29 is 24.2 Å². The Morgan fingerprint density at radius 1 is 1.08 bits per heavy atom. The van der Waals surface area contributed by atoms with Crippen molar-refractivity contribution in [3.05, 3.63) is 71.3 Å². The van der Waals surface area contributed by atoms with Crippen LogP contribution in [-0.2, 0) is 20.9 Å². The molecule has 25 heavy (non-hydrogen) atoms. The molecule has 0 saturated heterocycles. The fourth-order valence-corrected chi connectivity index (χ4v) is 2.18. The molecule has 6 heteroatoms. The Morgan fingerprint density at radius 3 is 2.40 bits per heavy atom. The summed E-state index contributed by atoms with van der Waals surface area (Å²) in [6, 6.07) is 15.9. The summed E-state index contributed by atoms with van der Waals surface area (Å²) >= 11 is 0. The molecule has 0 aliphatic carbocycles. The number of methoxy groups -OCH3 is 1. The fraction of sp³-hybridized carbons (Fsp3) is 0.263. The lowest BCUT2D eigenvalue weighted by Gasteiger charge is -2.12. The lowest BCUT2D eigenvalue weighted by Crippen LogP contribution is -2.28. The zero-order valence-corrected chi connectivity index (χ0v) is 14.0. The molecule has 0 aliphatic heterocycles. The third kappa shape index (κ3) is 6.02. The number of rotatable bonds is 8. The normalized spacial score (nSPS) is 11.6. The predicted octanol–water partition coefficient (Wildman–Crippen LogP) is 1.84. The minimum absolute atomic E-state index is 0.00410. The summed E-state index contributed by atoms with van der Waals surface area (Å²) in [6.45, 7) is 0.418. The van der Waals surface area contributed by atoms with E-state index in [1.807, 2.05) is 30.3 Å². The number of carbonyl (C=O) groups excluding carboxylic acids is 2. The Bertz CT molecular complexity index is 685. The second-order valence-corrected chi connectivity index (χ2v) is 5.41. The van der Waals surface area contributed by atoms with Crippen molar-refractivity contribution in [2.75, 3.05) is 20.2 Å².